The van der Waals surface area contributed by atoms with Crippen LogP contribution in [0.1, 0.15) is 5.56 Å². The Kier molecular flexibility index (Phi) is 2.11. The van der Waals surface area contributed by atoms with Crippen molar-refractivity contribution in [1.82, 2.24) is 0 Å². The third kappa shape index (κ3) is 1.47. The molecule has 0 unspecified atom stereocenters. The van der Waals surface area contributed by atoms with E-state index in [2.05, 4.69) is 0 Å². The number of rotatable bonds is 1. The molecule has 0 saturated heterocycles. The lowest BCUT2D eigenvalue weighted by atomic mass is 10.1. The van der Waals surface area contributed by atoms with Gasteiger partial charge in [-0.15, -0.1) is 11.6 Å². The average molecular weight is 192 g/mol. The van der Waals surface area contributed by atoms with Crippen LogP contribution in [0.25, 0.3) is 10.8 Å². The first-order valence-corrected chi connectivity index (χ1v) is 4.68. The molecule has 0 aliphatic carbocycles. The molecule has 0 aliphatic rings. The van der Waals surface area contributed by atoms with E-state index in [1.165, 1.54) is 0 Å². The van der Waals surface area contributed by atoms with Gasteiger partial charge < -0.3 is 5.73 Å². The maximum Gasteiger partial charge on any atom is 0.0474 e. The van der Waals surface area contributed by atoms with Gasteiger partial charge in [-0.25, -0.2) is 0 Å². The second kappa shape index (κ2) is 3.27. The molecule has 0 amide bonds. The summed E-state index contributed by atoms with van der Waals surface area (Å²) in [6.07, 6.45) is 0. The van der Waals surface area contributed by atoms with Crippen LogP contribution in [0.2, 0.25) is 0 Å². The molecular formula is C11H10ClN. The predicted octanol–water partition coefficient (Wildman–Crippen LogP) is 3.16. The molecule has 0 bridgehead atoms. The van der Waals surface area contributed by atoms with Gasteiger partial charge in [0.05, 0.1) is 0 Å². The number of alkyl halides is 1. The van der Waals surface area contributed by atoms with Crippen molar-refractivity contribution < 1.29 is 0 Å². The van der Waals surface area contributed by atoms with E-state index in [-0.39, 0.29) is 0 Å². The van der Waals surface area contributed by atoms with Gasteiger partial charge >= 0.3 is 0 Å². The Balaban J connectivity index is 2.74. The second-order valence-corrected chi connectivity index (χ2v) is 3.30. The minimum atomic E-state index is 0.532. The molecule has 2 aromatic rings. The zero-order valence-corrected chi connectivity index (χ0v) is 7.88. The molecular weight excluding hydrogens is 182 g/mol. The van der Waals surface area contributed by atoms with Gasteiger partial charge in [-0.1, -0.05) is 24.3 Å². The lowest BCUT2D eigenvalue weighted by Gasteiger charge is -2.02. The zero-order valence-electron chi connectivity index (χ0n) is 7.13. The van der Waals surface area contributed by atoms with E-state index in [1.807, 2.05) is 36.4 Å². The van der Waals surface area contributed by atoms with Crippen molar-refractivity contribution in [2.24, 2.45) is 0 Å². The number of benzene rings is 2. The summed E-state index contributed by atoms with van der Waals surface area (Å²) in [5.41, 5.74) is 7.75. The van der Waals surface area contributed by atoms with Crippen LogP contribution in [0.15, 0.2) is 36.4 Å². The maximum atomic E-state index is 5.84. The van der Waals surface area contributed by atoms with Crippen LogP contribution in [0.4, 0.5) is 5.69 Å². The largest absolute Gasteiger partial charge is 0.398 e. The summed E-state index contributed by atoms with van der Waals surface area (Å²) in [6.45, 7) is 0. The molecule has 0 spiro atoms. The van der Waals surface area contributed by atoms with Crippen molar-refractivity contribution in [2.75, 3.05) is 5.73 Å². The molecule has 2 heteroatoms. The van der Waals surface area contributed by atoms with Crippen LogP contribution in [-0.2, 0) is 5.88 Å². The molecule has 0 radical (unpaired) electrons. The average Bonchev–Trinajstić information content (AvgIpc) is 2.18. The van der Waals surface area contributed by atoms with Crippen LogP contribution in [0.3, 0.4) is 0 Å². The SMILES string of the molecule is Nc1cccc2ccc(CCl)cc12. The lowest BCUT2D eigenvalue weighted by molar-refractivity contribution is 1.43. The minimum Gasteiger partial charge on any atom is -0.398 e. The number of halogens is 1. The van der Waals surface area contributed by atoms with Crippen molar-refractivity contribution in [1.29, 1.82) is 0 Å². The van der Waals surface area contributed by atoms with Gasteiger partial charge in [-0.05, 0) is 23.1 Å². The van der Waals surface area contributed by atoms with E-state index in [4.69, 9.17) is 17.3 Å². The van der Waals surface area contributed by atoms with E-state index in [9.17, 15) is 0 Å². The molecule has 0 atom stereocenters. The Morgan fingerprint density at radius 2 is 2.00 bits per heavy atom. The molecule has 0 heterocycles. The smallest absolute Gasteiger partial charge is 0.0474 e. The molecule has 66 valence electrons. The van der Waals surface area contributed by atoms with Gasteiger partial charge in [-0.2, -0.15) is 0 Å². The summed E-state index contributed by atoms with van der Waals surface area (Å²) in [5.74, 6) is 0.532. The quantitative estimate of drug-likeness (QED) is 0.544. The summed E-state index contributed by atoms with van der Waals surface area (Å²) in [4.78, 5) is 0. The number of fused-ring (bicyclic) bond motifs is 1. The highest BCUT2D eigenvalue weighted by Gasteiger charge is 1.97. The zero-order chi connectivity index (χ0) is 9.26. The number of nitrogen functional groups attached to an aromatic ring is 1. The lowest BCUT2D eigenvalue weighted by Crippen LogP contribution is -1.87. The highest BCUT2D eigenvalue weighted by molar-refractivity contribution is 6.17. The molecule has 2 N–H and O–H groups in total. The maximum absolute atomic E-state index is 5.84. The van der Waals surface area contributed by atoms with Crippen LogP contribution in [-0.4, -0.2) is 0 Å². The van der Waals surface area contributed by atoms with E-state index >= 15 is 0 Å². The molecule has 13 heavy (non-hydrogen) atoms. The van der Waals surface area contributed by atoms with E-state index in [0.717, 1.165) is 22.0 Å². The van der Waals surface area contributed by atoms with E-state index < -0.39 is 0 Å². The van der Waals surface area contributed by atoms with Crippen molar-refractivity contribution in [3.05, 3.63) is 42.0 Å². The fraction of sp³-hybridized carbons (Fsp3) is 0.0909. The van der Waals surface area contributed by atoms with Gasteiger partial charge in [0.15, 0.2) is 0 Å². The van der Waals surface area contributed by atoms with Gasteiger partial charge in [0, 0.05) is 17.0 Å². The first kappa shape index (κ1) is 8.39. The number of nitrogens with two attached hydrogens (primary N) is 1. The van der Waals surface area contributed by atoms with Crippen molar-refractivity contribution >= 4 is 28.1 Å². The van der Waals surface area contributed by atoms with E-state index in [1.54, 1.807) is 0 Å². The molecule has 0 aromatic heterocycles. The van der Waals surface area contributed by atoms with Gasteiger partial charge in [0.1, 0.15) is 0 Å². The Morgan fingerprint density at radius 1 is 1.15 bits per heavy atom. The molecule has 0 fully saturated rings. The van der Waals surface area contributed by atoms with Crippen molar-refractivity contribution in [2.45, 2.75) is 5.88 Å². The van der Waals surface area contributed by atoms with Crippen LogP contribution in [0.5, 0.6) is 0 Å². The Hall–Kier alpha value is -1.21. The minimum absolute atomic E-state index is 0.532. The number of hydrogen-bond donors (Lipinski definition) is 1. The summed E-state index contributed by atoms with van der Waals surface area (Å²) in [5, 5.41) is 2.24. The third-order valence-electron chi connectivity index (χ3n) is 2.13. The van der Waals surface area contributed by atoms with Crippen LogP contribution < -0.4 is 5.73 Å². The fourth-order valence-electron chi connectivity index (χ4n) is 1.43. The van der Waals surface area contributed by atoms with Crippen molar-refractivity contribution in [3.8, 4) is 0 Å². The van der Waals surface area contributed by atoms with Gasteiger partial charge in [0.25, 0.3) is 0 Å². The number of hydrogen-bond acceptors (Lipinski definition) is 1. The first-order valence-electron chi connectivity index (χ1n) is 4.14. The molecule has 1 nitrogen and oxygen atoms in total. The third-order valence-corrected chi connectivity index (χ3v) is 2.44. The normalized spacial score (nSPS) is 10.5. The Morgan fingerprint density at radius 3 is 2.77 bits per heavy atom. The molecule has 0 saturated carbocycles. The molecule has 2 rings (SSSR count). The highest BCUT2D eigenvalue weighted by Crippen LogP contribution is 2.22. The second-order valence-electron chi connectivity index (χ2n) is 3.04. The Bertz CT molecular complexity index is 437. The Labute approximate surface area is 82.1 Å². The van der Waals surface area contributed by atoms with Crippen molar-refractivity contribution in [3.63, 3.8) is 0 Å². The standard InChI is InChI=1S/C11H10ClN/c12-7-8-4-5-9-2-1-3-11(13)10(9)6-8/h1-6H,7,13H2. The fourth-order valence-corrected chi connectivity index (χ4v) is 1.59. The molecule has 0 aliphatic heterocycles. The van der Waals surface area contributed by atoms with Crippen LogP contribution >= 0.6 is 11.6 Å². The summed E-state index contributed by atoms with van der Waals surface area (Å²) in [6, 6.07) is 12.0. The first-order chi connectivity index (χ1) is 6.31. The van der Waals surface area contributed by atoms with Gasteiger partial charge in [0.2, 0.25) is 0 Å². The number of anilines is 1. The summed E-state index contributed by atoms with van der Waals surface area (Å²) >= 11 is 5.74. The highest BCUT2D eigenvalue weighted by atomic mass is 35.5. The van der Waals surface area contributed by atoms with Gasteiger partial charge in [-0.3, -0.25) is 0 Å². The molecule has 2 aromatic carbocycles. The van der Waals surface area contributed by atoms with E-state index in [0.29, 0.717) is 5.88 Å². The summed E-state index contributed by atoms with van der Waals surface area (Å²) in [7, 11) is 0. The topological polar surface area (TPSA) is 26.0 Å². The predicted molar refractivity (Wildman–Crippen MR) is 57.9 cm³/mol. The van der Waals surface area contributed by atoms with Crippen LogP contribution in [0, 0.1) is 0 Å². The monoisotopic (exact) mass is 191 g/mol. The summed E-state index contributed by atoms with van der Waals surface area (Å²) < 4.78 is 0.